The van der Waals surface area contributed by atoms with Gasteiger partial charge in [-0.05, 0) is 45.7 Å². The van der Waals surface area contributed by atoms with Crippen molar-refractivity contribution in [1.82, 2.24) is 10.2 Å². The number of piperidine rings is 1. The molecule has 3 N–H and O–H groups in total. The summed E-state index contributed by atoms with van der Waals surface area (Å²) in [6.45, 7) is 9.93. The van der Waals surface area contributed by atoms with Crippen LogP contribution < -0.4 is 11.1 Å². The van der Waals surface area contributed by atoms with Gasteiger partial charge in [0.25, 0.3) is 0 Å². The van der Waals surface area contributed by atoms with Gasteiger partial charge in [0.1, 0.15) is 0 Å². The first-order valence-corrected chi connectivity index (χ1v) is 8.56. The molecule has 0 bridgehead atoms. The Morgan fingerprint density at radius 3 is 2.32 bits per heavy atom. The standard InChI is InChI=1S/C17H32N4.HI/c1-15(2)13-19-16(18)20-14-17(9-5-3-6-10-17)21-11-7-4-8-12-21;/h1,3-14H2,2H3,(H3,18,19,20);1H. The minimum absolute atomic E-state index is 0. The number of halogens is 1. The van der Waals surface area contributed by atoms with E-state index in [0.717, 1.165) is 12.1 Å². The molecule has 1 aliphatic heterocycles. The summed E-state index contributed by atoms with van der Waals surface area (Å²) in [5.41, 5.74) is 7.36. The molecule has 0 unspecified atom stereocenters. The van der Waals surface area contributed by atoms with Crippen molar-refractivity contribution >= 4 is 29.9 Å². The minimum atomic E-state index is 0. The van der Waals surface area contributed by atoms with Gasteiger partial charge < -0.3 is 11.1 Å². The van der Waals surface area contributed by atoms with Gasteiger partial charge >= 0.3 is 0 Å². The molecule has 0 radical (unpaired) electrons. The quantitative estimate of drug-likeness (QED) is 0.311. The highest BCUT2D eigenvalue weighted by atomic mass is 127. The maximum Gasteiger partial charge on any atom is 0.188 e. The Balaban J connectivity index is 0.00000242. The van der Waals surface area contributed by atoms with Gasteiger partial charge in [-0.3, -0.25) is 9.89 Å². The fourth-order valence-corrected chi connectivity index (χ4v) is 3.68. The molecule has 1 heterocycles. The Morgan fingerprint density at radius 1 is 1.14 bits per heavy atom. The molecule has 0 atom stereocenters. The first kappa shape index (κ1) is 19.7. The fourth-order valence-electron chi connectivity index (χ4n) is 3.68. The Bertz CT molecular complexity index is 369. The summed E-state index contributed by atoms with van der Waals surface area (Å²) < 4.78 is 0. The Hall–Kier alpha value is -0.300. The summed E-state index contributed by atoms with van der Waals surface area (Å²) in [7, 11) is 0. The topological polar surface area (TPSA) is 53.6 Å². The number of nitrogens with two attached hydrogens (primary N) is 1. The number of hydrogen-bond donors (Lipinski definition) is 2. The SMILES string of the molecule is C=C(C)CNC(N)=NCC1(N2CCCCC2)CCCCC1.I. The molecule has 0 amide bonds. The molecule has 4 nitrogen and oxygen atoms in total. The van der Waals surface area contributed by atoms with E-state index in [1.807, 2.05) is 6.92 Å². The van der Waals surface area contributed by atoms with Crippen molar-refractivity contribution in [3.63, 3.8) is 0 Å². The lowest BCUT2D eigenvalue weighted by Crippen LogP contribution is -2.54. The van der Waals surface area contributed by atoms with Crippen molar-refractivity contribution in [3.05, 3.63) is 12.2 Å². The number of nitrogens with zero attached hydrogens (tertiary/aromatic N) is 2. The van der Waals surface area contributed by atoms with Crippen LogP contribution in [0.5, 0.6) is 0 Å². The normalized spacial score (nSPS) is 22.7. The van der Waals surface area contributed by atoms with E-state index in [2.05, 4.69) is 21.8 Å². The number of likely N-dealkylation sites (tertiary alicyclic amines) is 1. The van der Waals surface area contributed by atoms with Gasteiger partial charge in [0, 0.05) is 12.1 Å². The van der Waals surface area contributed by atoms with Gasteiger partial charge in [0.15, 0.2) is 5.96 Å². The summed E-state index contributed by atoms with van der Waals surface area (Å²) in [6, 6.07) is 0. The highest BCUT2D eigenvalue weighted by molar-refractivity contribution is 14.0. The maximum atomic E-state index is 6.01. The van der Waals surface area contributed by atoms with Crippen molar-refractivity contribution in [2.75, 3.05) is 26.2 Å². The molecule has 22 heavy (non-hydrogen) atoms. The highest BCUT2D eigenvalue weighted by Crippen LogP contribution is 2.35. The third kappa shape index (κ3) is 5.72. The average Bonchev–Trinajstić information content (AvgIpc) is 2.52. The van der Waals surface area contributed by atoms with Crippen molar-refractivity contribution in [3.8, 4) is 0 Å². The second kappa shape index (κ2) is 9.75. The Kier molecular flexibility index (Phi) is 8.75. The van der Waals surface area contributed by atoms with Crippen molar-refractivity contribution in [1.29, 1.82) is 0 Å². The number of rotatable bonds is 5. The van der Waals surface area contributed by atoms with Crippen LogP contribution in [0.2, 0.25) is 0 Å². The number of guanidine groups is 1. The van der Waals surface area contributed by atoms with E-state index in [1.54, 1.807) is 0 Å². The smallest absolute Gasteiger partial charge is 0.188 e. The van der Waals surface area contributed by atoms with Gasteiger partial charge in [0.05, 0.1) is 6.54 Å². The number of nitrogens with one attached hydrogen (secondary N) is 1. The van der Waals surface area contributed by atoms with E-state index in [0.29, 0.717) is 12.5 Å². The van der Waals surface area contributed by atoms with Crippen LogP contribution in [0, 0.1) is 0 Å². The molecule has 0 aromatic rings. The zero-order valence-corrected chi connectivity index (χ0v) is 16.4. The first-order chi connectivity index (χ1) is 10.1. The van der Waals surface area contributed by atoms with E-state index in [9.17, 15) is 0 Å². The first-order valence-electron chi connectivity index (χ1n) is 8.56. The van der Waals surface area contributed by atoms with Gasteiger partial charge in [-0.15, -0.1) is 24.0 Å². The fraction of sp³-hybridized carbons (Fsp3) is 0.824. The molecule has 1 saturated carbocycles. The lowest BCUT2D eigenvalue weighted by atomic mass is 9.79. The van der Waals surface area contributed by atoms with Crippen molar-refractivity contribution < 1.29 is 0 Å². The van der Waals surface area contributed by atoms with Crippen LogP contribution in [0.25, 0.3) is 0 Å². The van der Waals surface area contributed by atoms with Gasteiger partial charge in [-0.2, -0.15) is 0 Å². The molecular weight excluding hydrogens is 387 g/mol. The summed E-state index contributed by atoms with van der Waals surface area (Å²) in [4.78, 5) is 7.38. The molecule has 2 fully saturated rings. The van der Waals surface area contributed by atoms with Crippen LogP contribution in [0.4, 0.5) is 0 Å². The summed E-state index contributed by atoms with van der Waals surface area (Å²) >= 11 is 0. The number of aliphatic imine (C=N–C) groups is 1. The second-order valence-corrected chi connectivity index (χ2v) is 6.84. The molecule has 0 aromatic carbocycles. The second-order valence-electron chi connectivity index (χ2n) is 6.84. The average molecular weight is 420 g/mol. The predicted molar refractivity (Wildman–Crippen MR) is 106 cm³/mol. The van der Waals surface area contributed by atoms with E-state index in [4.69, 9.17) is 5.73 Å². The van der Waals surface area contributed by atoms with Gasteiger partial charge in [0.2, 0.25) is 0 Å². The molecule has 2 rings (SSSR count). The lowest BCUT2D eigenvalue weighted by Gasteiger charge is -2.47. The van der Waals surface area contributed by atoms with E-state index >= 15 is 0 Å². The predicted octanol–water partition coefficient (Wildman–Crippen LogP) is 3.27. The molecule has 1 saturated heterocycles. The summed E-state index contributed by atoms with van der Waals surface area (Å²) in [5, 5.41) is 3.15. The zero-order valence-electron chi connectivity index (χ0n) is 14.1. The molecule has 0 spiro atoms. The van der Waals surface area contributed by atoms with Crippen LogP contribution >= 0.6 is 24.0 Å². The van der Waals surface area contributed by atoms with Crippen LogP contribution in [0.1, 0.15) is 58.3 Å². The Morgan fingerprint density at radius 2 is 1.73 bits per heavy atom. The van der Waals surface area contributed by atoms with Gasteiger partial charge in [-0.25, -0.2) is 0 Å². The van der Waals surface area contributed by atoms with Crippen LogP contribution in [-0.2, 0) is 0 Å². The Labute approximate surface area is 153 Å². The highest BCUT2D eigenvalue weighted by Gasteiger charge is 2.38. The van der Waals surface area contributed by atoms with Crippen molar-refractivity contribution in [2.24, 2.45) is 10.7 Å². The zero-order chi connectivity index (χ0) is 15.1. The number of hydrogen-bond acceptors (Lipinski definition) is 2. The molecule has 128 valence electrons. The summed E-state index contributed by atoms with van der Waals surface area (Å²) in [5.74, 6) is 0.569. The molecular formula is C17H33IN4. The minimum Gasteiger partial charge on any atom is -0.370 e. The molecule has 1 aliphatic carbocycles. The van der Waals surface area contributed by atoms with Crippen LogP contribution in [-0.4, -0.2) is 42.6 Å². The van der Waals surface area contributed by atoms with Crippen molar-refractivity contribution in [2.45, 2.75) is 63.8 Å². The third-order valence-electron chi connectivity index (χ3n) is 4.93. The lowest BCUT2D eigenvalue weighted by molar-refractivity contribution is 0.0408. The maximum absolute atomic E-state index is 6.01. The third-order valence-corrected chi connectivity index (χ3v) is 4.93. The van der Waals surface area contributed by atoms with E-state index in [1.165, 1.54) is 64.5 Å². The van der Waals surface area contributed by atoms with Gasteiger partial charge in [-0.1, -0.05) is 37.8 Å². The monoisotopic (exact) mass is 420 g/mol. The summed E-state index contributed by atoms with van der Waals surface area (Å²) in [6.07, 6.45) is 10.7. The van der Waals surface area contributed by atoms with Crippen LogP contribution in [0.3, 0.4) is 0 Å². The van der Waals surface area contributed by atoms with E-state index in [-0.39, 0.29) is 29.5 Å². The molecule has 2 aliphatic rings. The largest absolute Gasteiger partial charge is 0.370 e. The molecule has 5 heteroatoms. The molecule has 0 aromatic heterocycles. The van der Waals surface area contributed by atoms with E-state index < -0.39 is 0 Å². The van der Waals surface area contributed by atoms with Crippen LogP contribution in [0.15, 0.2) is 17.1 Å².